The Morgan fingerprint density at radius 2 is 1.85 bits per heavy atom. The van der Waals surface area contributed by atoms with E-state index in [1.807, 2.05) is 60.9 Å². The van der Waals surface area contributed by atoms with Crippen molar-refractivity contribution in [2.24, 2.45) is 0 Å². The predicted molar refractivity (Wildman–Crippen MR) is 108 cm³/mol. The molecule has 0 spiro atoms. The first-order chi connectivity index (χ1) is 13.2. The van der Waals surface area contributed by atoms with Crippen molar-refractivity contribution in [3.05, 3.63) is 82.5 Å². The van der Waals surface area contributed by atoms with Gasteiger partial charge in [-0.3, -0.25) is 4.79 Å². The van der Waals surface area contributed by atoms with E-state index in [2.05, 4.69) is 15.5 Å². The van der Waals surface area contributed by atoms with Crippen molar-refractivity contribution in [2.75, 3.05) is 6.26 Å². The molecule has 3 rings (SSSR count). The Balaban J connectivity index is 1.67. The highest BCUT2D eigenvalue weighted by Crippen LogP contribution is 2.28. The molecule has 1 heterocycles. The number of thioether (sulfide) groups is 1. The number of benzene rings is 2. The molecule has 1 atom stereocenters. The first kappa shape index (κ1) is 19.5. The molecule has 0 radical (unpaired) electrons. The molecule has 1 aromatic heterocycles. The fourth-order valence-electron chi connectivity index (χ4n) is 2.79. The van der Waals surface area contributed by atoms with E-state index < -0.39 is 0 Å². The number of hydrogen-bond donors (Lipinski definition) is 1. The highest BCUT2D eigenvalue weighted by atomic mass is 35.5. The number of nitrogens with zero attached hydrogens (tertiary/aromatic N) is 2. The Hall–Kier alpha value is -2.31. The number of carbonyl (C=O) groups excluding carboxylic acids is 1. The molecule has 0 bridgehead atoms. The third kappa shape index (κ3) is 5.58. The minimum Gasteiger partial charge on any atom is -0.347 e. The number of hydrogen-bond acceptors (Lipinski definition) is 5. The van der Waals surface area contributed by atoms with Gasteiger partial charge < -0.3 is 9.84 Å². The van der Waals surface area contributed by atoms with E-state index in [0.29, 0.717) is 28.9 Å². The summed E-state index contributed by atoms with van der Waals surface area (Å²) in [6.07, 6.45) is 2.29. The quantitative estimate of drug-likeness (QED) is 0.605. The SMILES string of the molecule is CSCc1noc(CNC(=O)C[C@H](c2ccccc2)c2ccc(Cl)cc2)n1. The largest absolute Gasteiger partial charge is 0.347 e. The molecule has 1 amide bonds. The van der Waals surface area contributed by atoms with Crippen LogP contribution in [0.3, 0.4) is 0 Å². The molecule has 2 aromatic carbocycles. The van der Waals surface area contributed by atoms with Gasteiger partial charge >= 0.3 is 0 Å². The van der Waals surface area contributed by atoms with Crippen LogP contribution in [0.2, 0.25) is 5.02 Å². The number of aromatic nitrogens is 2. The van der Waals surface area contributed by atoms with Crippen LogP contribution in [0.1, 0.15) is 35.2 Å². The highest BCUT2D eigenvalue weighted by Gasteiger charge is 2.18. The summed E-state index contributed by atoms with van der Waals surface area (Å²) in [4.78, 5) is 16.8. The van der Waals surface area contributed by atoms with Crippen molar-refractivity contribution in [3.8, 4) is 0 Å². The van der Waals surface area contributed by atoms with E-state index in [1.54, 1.807) is 11.8 Å². The first-order valence-corrected chi connectivity index (χ1v) is 10.3. The average molecular weight is 402 g/mol. The lowest BCUT2D eigenvalue weighted by Gasteiger charge is -2.17. The molecule has 0 fully saturated rings. The molecule has 27 heavy (non-hydrogen) atoms. The van der Waals surface area contributed by atoms with E-state index in [9.17, 15) is 4.79 Å². The summed E-state index contributed by atoms with van der Waals surface area (Å²) < 4.78 is 5.15. The summed E-state index contributed by atoms with van der Waals surface area (Å²) in [6, 6.07) is 17.6. The van der Waals surface area contributed by atoms with Gasteiger partial charge in [-0.25, -0.2) is 0 Å². The lowest BCUT2D eigenvalue weighted by molar-refractivity contribution is -0.121. The maximum absolute atomic E-state index is 12.5. The molecule has 0 aliphatic carbocycles. The van der Waals surface area contributed by atoms with Gasteiger partial charge in [-0.05, 0) is 29.5 Å². The second-order valence-corrected chi connectivity index (χ2v) is 7.34. The Morgan fingerprint density at radius 3 is 2.56 bits per heavy atom. The lowest BCUT2D eigenvalue weighted by Crippen LogP contribution is -2.25. The number of nitrogens with one attached hydrogen (secondary N) is 1. The van der Waals surface area contributed by atoms with Crippen LogP contribution in [0.5, 0.6) is 0 Å². The molecule has 1 N–H and O–H groups in total. The fourth-order valence-corrected chi connectivity index (χ4v) is 3.29. The Bertz CT molecular complexity index is 868. The molecular formula is C20H20ClN3O2S. The van der Waals surface area contributed by atoms with E-state index >= 15 is 0 Å². The normalized spacial score (nSPS) is 11.9. The molecule has 0 unspecified atom stereocenters. The van der Waals surface area contributed by atoms with Crippen LogP contribution in [-0.2, 0) is 17.1 Å². The van der Waals surface area contributed by atoms with Gasteiger partial charge in [-0.2, -0.15) is 16.7 Å². The number of amides is 1. The summed E-state index contributed by atoms with van der Waals surface area (Å²) in [5.41, 5.74) is 2.12. The summed E-state index contributed by atoms with van der Waals surface area (Å²) in [7, 11) is 0. The van der Waals surface area contributed by atoms with Crippen molar-refractivity contribution >= 4 is 29.3 Å². The maximum Gasteiger partial charge on any atom is 0.246 e. The lowest BCUT2D eigenvalue weighted by atomic mass is 9.88. The monoisotopic (exact) mass is 401 g/mol. The number of rotatable bonds is 8. The van der Waals surface area contributed by atoms with Gasteiger partial charge in [0, 0.05) is 17.4 Å². The third-order valence-corrected chi connectivity index (χ3v) is 4.88. The molecule has 0 aliphatic rings. The zero-order valence-corrected chi connectivity index (χ0v) is 16.5. The van der Waals surface area contributed by atoms with Gasteiger partial charge in [0.2, 0.25) is 11.8 Å². The smallest absolute Gasteiger partial charge is 0.246 e. The summed E-state index contributed by atoms with van der Waals surface area (Å²) >= 11 is 7.62. The molecule has 0 saturated heterocycles. The van der Waals surface area contributed by atoms with Gasteiger partial charge in [0.05, 0.1) is 12.3 Å². The Labute approximate surface area is 167 Å². The third-order valence-electron chi connectivity index (χ3n) is 4.08. The van der Waals surface area contributed by atoms with E-state index in [4.69, 9.17) is 16.1 Å². The highest BCUT2D eigenvalue weighted by molar-refractivity contribution is 7.97. The minimum atomic E-state index is -0.0802. The molecule has 3 aromatic rings. The van der Waals surface area contributed by atoms with Crippen molar-refractivity contribution in [2.45, 2.75) is 24.6 Å². The predicted octanol–water partition coefficient (Wildman–Crippen LogP) is 4.42. The summed E-state index contributed by atoms with van der Waals surface area (Å²) in [5, 5.41) is 7.42. The average Bonchev–Trinajstić information content (AvgIpc) is 3.14. The topological polar surface area (TPSA) is 68.0 Å². The first-order valence-electron chi connectivity index (χ1n) is 8.53. The van der Waals surface area contributed by atoms with Crippen molar-refractivity contribution in [1.82, 2.24) is 15.5 Å². The molecule has 0 saturated carbocycles. The maximum atomic E-state index is 12.5. The second kappa shape index (κ2) is 9.58. The van der Waals surface area contributed by atoms with E-state index in [0.717, 1.165) is 11.1 Å². The standard InChI is InChI=1S/C20H20ClN3O2S/c1-27-13-18-23-20(26-24-18)12-22-19(25)11-17(14-5-3-2-4-6-14)15-7-9-16(21)10-8-15/h2-10,17H,11-13H2,1H3,(H,22,25)/t17-/m1/s1. The number of halogens is 1. The van der Waals surface area contributed by atoms with Gasteiger partial charge in [0.25, 0.3) is 0 Å². The molecular weight excluding hydrogens is 382 g/mol. The number of carbonyl (C=O) groups is 1. The summed E-state index contributed by atoms with van der Waals surface area (Å²) in [5.74, 6) is 1.59. The Kier molecular flexibility index (Phi) is 6.90. The van der Waals surface area contributed by atoms with E-state index in [-0.39, 0.29) is 18.4 Å². The zero-order chi connectivity index (χ0) is 19.1. The van der Waals surface area contributed by atoms with Gasteiger partial charge in [0.1, 0.15) is 0 Å². The molecule has 140 valence electrons. The van der Waals surface area contributed by atoms with Gasteiger partial charge in [-0.1, -0.05) is 59.2 Å². The van der Waals surface area contributed by atoms with Crippen LogP contribution < -0.4 is 5.32 Å². The van der Waals surface area contributed by atoms with Crippen LogP contribution in [0.15, 0.2) is 59.1 Å². The molecule has 0 aliphatic heterocycles. The van der Waals surface area contributed by atoms with Crippen molar-refractivity contribution in [1.29, 1.82) is 0 Å². The van der Waals surface area contributed by atoms with Crippen molar-refractivity contribution < 1.29 is 9.32 Å². The van der Waals surface area contributed by atoms with Crippen LogP contribution in [-0.4, -0.2) is 22.3 Å². The van der Waals surface area contributed by atoms with Crippen LogP contribution in [0.25, 0.3) is 0 Å². The fraction of sp³-hybridized carbons (Fsp3) is 0.250. The van der Waals surface area contributed by atoms with Gasteiger partial charge in [0.15, 0.2) is 5.82 Å². The minimum absolute atomic E-state index is 0.0572. The van der Waals surface area contributed by atoms with Crippen LogP contribution in [0.4, 0.5) is 0 Å². The van der Waals surface area contributed by atoms with Crippen LogP contribution >= 0.6 is 23.4 Å². The molecule has 5 nitrogen and oxygen atoms in total. The zero-order valence-electron chi connectivity index (χ0n) is 14.9. The van der Waals surface area contributed by atoms with Crippen LogP contribution in [0, 0.1) is 0 Å². The second-order valence-electron chi connectivity index (χ2n) is 6.03. The molecule has 7 heteroatoms. The Morgan fingerprint density at radius 1 is 1.15 bits per heavy atom. The van der Waals surface area contributed by atoms with Gasteiger partial charge in [-0.15, -0.1) is 0 Å². The van der Waals surface area contributed by atoms with Crippen molar-refractivity contribution in [3.63, 3.8) is 0 Å². The van der Waals surface area contributed by atoms with E-state index in [1.165, 1.54) is 0 Å². The summed E-state index contributed by atoms with van der Waals surface area (Å²) in [6.45, 7) is 0.225.